The van der Waals surface area contributed by atoms with Crippen molar-refractivity contribution < 1.29 is 8.42 Å². The summed E-state index contributed by atoms with van der Waals surface area (Å²) in [6, 6.07) is 6.59. The molecule has 102 valence electrons. The van der Waals surface area contributed by atoms with Crippen molar-refractivity contribution in [3.8, 4) is 0 Å². The molecule has 0 saturated carbocycles. The number of hydrogen-bond acceptors (Lipinski definition) is 4. The Morgan fingerprint density at radius 2 is 2.16 bits per heavy atom. The van der Waals surface area contributed by atoms with Gasteiger partial charge < -0.3 is 5.73 Å². The third-order valence-electron chi connectivity index (χ3n) is 2.78. The molecule has 1 heterocycles. The van der Waals surface area contributed by atoms with E-state index in [1.54, 1.807) is 43.6 Å². The highest BCUT2D eigenvalue weighted by Crippen LogP contribution is 2.16. The molecular weight excluding hydrogens is 264 g/mol. The van der Waals surface area contributed by atoms with Gasteiger partial charge in [0, 0.05) is 23.5 Å². The van der Waals surface area contributed by atoms with E-state index in [1.165, 1.54) is 0 Å². The molecule has 2 aromatic rings. The quantitative estimate of drug-likeness (QED) is 0.716. The van der Waals surface area contributed by atoms with Crippen molar-refractivity contribution in [3.63, 3.8) is 0 Å². The van der Waals surface area contributed by atoms with E-state index >= 15 is 0 Å². The standard InChI is InChI=1S/C12H16N4O2S/c1-9(11-6-14-15-7-11)16-19(17,18)8-10-4-2-3-5-12(10)13/h2-7,9,16H,8,13H2,1H3,(H,14,15). The average Bonchev–Trinajstić information content (AvgIpc) is 2.85. The number of rotatable bonds is 5. The molecule has 4 N–H and O–H groups in total. The van der Waals surface area contributed by atoms with Gasteiger partial charge in [-0.1, -0.05) is 18.2 Å². The number of hydrogen-bond donors (Lipinski definition) is 3. The second kappa shape index (κ2) is 5.41. The monoisotopic (exact) mass is 280 g/mol. The molecule has 0 saturated heterocycles. The van der Waals surface area contributed by atoms with Gasteiger partial charge in [0.15, 0.2) is 0 Å². The Morgan fingerprint density at radius 1 is 1.42 bits per heavy atom. The lowest BCUT2D eigenvalue weighted by Crippen LogP contribution is -2.28. The van der Waals surface area contributed by atoms with E-state index in [4.69, 9.17) is 5.73 Å². The second-order valence-electron chi connectivity index (χ2n) is 4.33. The van der Waals surface area contributed by atoms with Crippen LogP contribution >= 0.6 is 0 Å². The van der Waals surface area contributed by atoms with Crippen LogP contribution in [0.25, 0.3) is 0 Å². The number of nitrogens with one attached hydrogen (secondary N) is 2. The number of aromatic amines is 1. The summed E-state index contributed by atoms with van der Waals surface area (Å²) < 4.78 is 26.7. The minimum atomic E-state index is -3.45. The molecule has 6 nitrogen and oxygen atoms in total. The molecule has 0 aliphatic heterocycles. The minimum absolute atomic E-state index is 0.137. The van der Waals surface area contributed by atoms with Crippen molar-refractivity contribution in [3.05, 3.63) is 47.8 Å². The number of benzene rings is 1. The topological polar surface area (TPSA) is 101 Å². The predicted octanol–water partition coefficient (Wildman–Crippen LogP) is 1.17. The van der Waals surface area contributed by atoms with Gasteiger partial charge >= 0.3 is 0 Å². The van der Waals surface area contributed by atoms with Gasteiger partial charge in [-0.05, 0) is 18.6 Å². The Hall–Kier alpha value is -1.86. The lowest BCUT2D eigenvalue weighted by atomic mass is 10.2. The number of H-pyrrole nitrogens is 1. The van der Waals surface area contributed by atoms with Crippen LogP contribution in [-0.2, 0) is 15.8 Å². The number of sulfonamides is 1. The van der Waals surface area contributed by atoms with Crippen molar-refractivity contribution in [1.29, 1.82) is 0 Å². The molecule has 0 radical (unpaired) electrons. The molecule has 1 aromatic heterocycles. The fraction of sp³-hybridized carbons (Fsp3) is 0.250. The lowest BCUT2D eigenvalue weighted by molar-refractivity contribution is 0.566. The largest absolute Gasteiger partial charge is 0.398 e. The first kappa shape index (κ1) is 13.6. The summed E-state index contributed by atoms with van der Waals surface area (Å²) in [5.74, 6) is -0.137. The Morgan fingerprint density at radius 3 is 2.79 bits per heavy atom. The van der Waals surface area contributed by atoms with Crippen LogP contribution < -0.4 is 10.5 Å². The molecule has 0 fully saturated rings. The van der Waals surface area contributed by atoms with E-state index in [9.17, 15) is 8.42 Å². The molecule has 0 spiro atoms. The smallest absolute Gasteiger partial charge is 0.216 e. The van der Waals surface area contributed by atoms with Crippen LogP contribution in [0.5, 0.6) is 0 Å². The maximum atomic E-state index is 12.1. The van der Waals surface area contributed by atoms with E-state index in [0.717, 1.165) is 5.56 Å². The van der Waals surface area contributed by atoms with Crippen LogP contribution in [0.2, 0.25) is 0 Å². The first-order chi connectivity index (χ1) is 8.98. The summed E-state index contributed by atoms with van der Waals surface area (Å²) in [6.07, 6.45) is 3.24. The highest BCUT2D eigenvalue weighted by molar-refractivity contribution is 7.88. The zero-order valence-corrected chi connectivity index (χ0v) is 11.3. The Kier molecular flexibility index (Phi) is 3.87. The number of para-hydroxylation sites is 1. The summed E-state index contributed by atoms with van der Waals surface area (Å²) in [6.45, 7) is 1.76. The first-order valence-corrected chi connectivity index (χ1v) is 7.45. The normalized spacial score (nSPS) is 13.3. The Labute approximate surface area is 112 Å². The maximum absolute atomic E-state index is 12.1. The van der Waals surface area contributed by atoms with Crippen molar-refractivity contribution >= 4 is 15.7 Å². The number of nitrogen functional groups attached to an aromatic ring is 1. The highest BCUT2D eigenvalue weighted by atomic mass is 32.2. The van der Waals surface area contributed by atoms with Gasteiger partial charge in [0.05, 0.1) is 11.9 Å². The fourth-order valence-corrected chi connectivity index (χ4v) is 3.18. The first-order valence-electron chi connectivity index (χ1n) is 5.80. The second-order valence-corrected chi connectivity index (χ2v) is 6.08. The van der Waals surface area contributed by atoms with E-state index in [-0.39, 0.29) is 11.8 Å². The van der Waals surface area contributed by atoms with Gasteiger partial charge in [-0.15, -0.1) is 0 Å². The Bertz CT molecular complexity index is 638. The predicted molar refractivity (Wildman–Crippen MR) is 73.6 cm³/mol. The zero-order chi connectivity index (χ0) is 13.9. The molecule has 1 atom stereocenters. The van der Waals surface area contributed by atoms with Crippen LogP contribution in [0.15, 0.2) is 36.7 Å². The maximum Gasteiger partial charge on any atom is 0.216 e. The summed E-state index contributed by atoms with van der Waals surface area (Å²) >= 11 is 0. The van der Waals surface area contributed by atoms with Crippen LogP contribution in [0.1, 0.15) is 24.1 Å². The van der Waals surface area contributed by atoms with Crippen LogP contribution in [0.3, 0.4) is 0 Å². The summed E-state index contributed by atoms with van der Waals surface area (Å²) in [4.78, 5) is 0. The van der Waals surface area contributed by atoms with Gasteiger partial charge in [0.1, 0.15) is 0 Å². The van der Waals surface area contributed by atoms with Crippen molar-refractivity contribution in [2.45, 2.75) is 18.7 Å². The molecular formula is C12H16N4O2S. The number of nitrogens with two attached hydrogens (primary N) is 1. The Balaban J connectivity index is 2.09. The summed E-state index contributed by atoms with van der Waals surface area (Å²) in [7, 11) is -3.45. The SMILES string of the molecule is CC(NS(=O)(=O)Cc1ccccc1N)c1cn[nH]c1. The molecule has 1 unspecified atom stereocenters. The minimum Gasteiger partial charge on any atom is -0.398 e. The van der Waals surface area contributed by atoms with Crippen molar-refractivity contribution in [2.24, 2.45) is 0 Å². The highest BCUT2D eigenvalue weighted by Gasteiger charge is 2.18. The third kappa shape index (κ3) is 3.55. The summed E-state index contributed by atoms with van der Waals surface area (Å²) in [5.41, 5.74) is 7.60. The van der Waals surface area contributed by atoms with Gasteiger partial charge in [-0.2, -0.15) is 5.10 Å². The van der Waals surface area contributed by atoms with E-state index in [2.05, 4.69) is 14.9 Å². The summed E-state index contributed by atoms with van der Waals surface area (Å²) in [5, 5.41) is 6.44. The van der Waals surface area contributed by atoms with E-state index in [0.29, 0.717) is 11.3 Å². The van der Waals surface area contributed by atoms with Crippen molar-refractivity contribution in [1.82, 2.24) is 14.9 Å². The van der Waals surface area contributed by atoms with Gasteiger partial charge in [-0.25, -0.2) is 13.1 Å². The molecule has 0 amide bonds. The molecule has 2 rings (SSSR count). The van der Waals surface area contributed by atoms with E-state index in [1.807, 2.05) is 0 Å². The molecule has 0 aliphatic rings. The van der Waals surface area contributed by atoms with Gasteiger partial charge in [-0.3, -0.25) is 5.10 Å². The number of anilines is 1. The van der Waals surface area contributed by atoms with Gasteiger partial charge in [0.25, 0.3) is 0 Å². The number of nitrogens with zero attached hydrogens (tertiary/aromatic N) is 1. The third-order valence-corrected chi connectivity index (χ3v) is 4.18. The lowest BCUT2D eigenvalue weighted by Gasteiger charge is -2.13. The molecule has 0 bridgehead atoms. The molecule has 0 aliphatic carbocycles. The fourth-order valence-electron chi connectivity index (χ4n) is 1.75. The van der Waals surface area contributed by atoms with Crippen LogP contribution in [0, 0.1) is 0 Å². The molecule has 1 aromatic carbocycles. The average molecular weight is 280 g/mol. The van der Waals surface area contributed by atoms with Crippen LogP contribution in [0.4, 0.5) is 5.69 Å². The molecule has 19 heavy (non-hydrogen) atoms. The van der Waals surface area contributed by atoms with Gasteiger partial charge in [0.2, 0.25) is 10.0 Å². The van der Waals surface area contributed by atoms with Crippen molar-refractivity contribution in [2.75, 3.05) is 5.73 Å². The zero-order valence-electron chi connectivity index (χ0n) is 10.5. The molecule has 7 heteroatoms. The van der Waals surface area contributed by atoms with Crippen LogP contribution in [-0.4, -0.2) is 18.6 Å². The number of aromatic nitrogens is 2. The van der Waals surface area contributed by atoms with E-state index < -0.39 is 10.0 Å².